The number of carbonyl (C=O) groups excluding carboxylic acids is 1. The van der Waals surface area contributed by atoms with E-state index in [0.717, 1.165) is 44.2 Å². The van der Waals surface area contributed by atoms with Crippen LogP contribution in [0.5, 0.6) is 0 Å². The van der Waals surface area contributed by atoms with Crippen molar-refractivity contribution in [3.63, 3.8) is 0 Å². The Balaban J connectivity index is 1.62. The molecule has 2 aliphatic rings. The summed E-state index contributed by atoms with van der Waals surface area (Å²) in [7, 11) is -3.20. The van der Waals surface area contributed by atoms with E-state index in [1.807, 2.05) is 4.90 Å². The third-order valence-electron chi connectivity index (χ3n) is 5.13. The van der Waals surface area contributed by atoms with Gasteiger partial charge in [-0.25, -0.2) is 8.42 Å². The molecule has 0 radical (unpaired) electrons. The molecule has 3 rings (SSSR count). The minimum absolute atomic E-state index is 0.0234. The van der Waals surface area contributed by atoms with Crippen molar-refractivity contribution in [1.29, 1.82) is 0 Å². The van der Waals surface area contributed by atoms with E-state index in [-0.39, 0.29) is 18.0 Å². The molecule has 24 heavy (non-hydrogen) atoms. The second-order valence-electron chi connectivity index (χ2n) is 6.90. The summed E-state index contributed by atoms with van der Waals surface area (Å²) in [5.41, 5.74) is 0.813. The maximum absolute atomic E-state index is 12.4. The van der Waals surface area contributed by atoms with Crippen LogP contribution in [0.4, 0.5) is 0 Å². The molecule has 8 heteroatoms. The van der Waals surface area contributed by atoms with Crippen molar-refractivity contribution >= 4 is 15.9 Å². The van der Waals surface area contributed by atoms with Crippen LogP contribution in [0.3, 0.4) is 0 Å². The number of amides is 1. The molecule has 1 saturated carbocycles. The maximum atomic E-state index is 12.4. The number of nitrogens with zero attached hydrogens (tertiary/aromatic N) is 3. The van der Waals surface area contributed by atoms with E-state index in [0.29, 0.717) is 19.5 Å². The van der Waals surface area contributed by atoms with Crippen molar-refractivity contribution < 1.29 is 13.2 Å². The van der Waals surface area contributed by atoms with Crippen molar-refractivity contribution in [1.82, 2.24) is 19.4 Å². The van der Waals surface area contributed by atoms with Gasteiger partial charge in [0.25, 0.3) is 0 Å². The number of carbonyl (C=O) groups is 1. The molecule has 1 atom stereocenters. The van der Waals surface area contributed by atoms with Crippen LogP contribution < -0.4 is 0 Å². The molecule has 0 bridgehead atoms. The van der Waals surface area contributed by atoms with Crippen molar-refractivity contribution in [3.8, 4) is 0 Å². The summed E-state index contributed by atoms with van der Waals surface area (Å²) in [5.74, 6) is 0.0782. The van der Waals surface area contributed by atoms with Crippen LogP contribution in [0, 0.1) is 0 Å². The molecule has 1 amide bonds. The number of nitrogens with one attached hydrogen (secondary N) is 1. The van der Waals surface area contributed by atoms with Gasteiger partial charge in [0.2, 0.25) is 15.9 Å². The van der Waals surface area contributed by atoms with Crippen molar-refractivity contribution in [2.45, 2.75) is 57.0 Å². The zero-order chi connectivity index (χ0) is 17.2. The van der Waals surface area contributed by atoms with Crippen LogP contribution in [-0.4, -0.2) is 65.2 Å². The van der Waals surface area contributed by atoms with E-state index in [1.54, 1.807) is 16.6 Å². The minimum atomic E-state index is -3.20. The topological polar surface area (TPSA) is 86.4 Å². The molecule has 1 N–H and O–H groups in total. The van der Waals surface area contributed by atoms with E-state index in [1.165, 1.54) is 6.26 Å². The summed E-state index contributed by atoms with van der Waals surface area (Å²) < 4.78 is 26.2. The van der Waals surface area contributed by atoms with Gasteiger partial charge in [-0.2, -0.15) is 9.40 Å². The monoisotopic (exact) mass is 354 g/mol. The molecule has 0 spiro atoms. The quantitative estimate of drug-likeness (QED) is 0.859. The maximum Gasteiger partial charge on any atom is 0.228 e. The molecule has 2 heterocycles. The number of rotatable bonds is 5. The molecule has 134 valence electrons. The van der Waals surface area contributed by atoms with Gasteiger partial charge < -0.3 is 4.90 Å². The van der Waals surface area contributed by atoms with Crippen molar-refractivity contribution in [3.05, 3.63) is 18.0 Å². The average molecular weight is 354 g/mol. The summed E-state index contributed by atoms with van der Waals surface area (Å²) in [4.78, 5) is 14.3. The highest BCUT2D eigenvalue weighted by molar-refractivity contribution is 7.88. The smallest absolute Gasteiger partial charge is 0.228 e. The SMILES string of the molecule is CS(=O)(=O)N(C1CCC1)[C@@H]1CCCN(C(=O)Cc2ccn[nH]2)CC1. The molecular formula is C16H26N4O3S. The first-order valence-corrected chi connectivity index (χ1v) is 10.5. The first-order chi connectivity index (χ1) is 11.4. The Morgan fingerprint density at radius 3 is 2.54 bits per heavy atom. The zero-order valence-corrected chi connectivity index (χ0v) is 15.0. The zero-order valence-electron chi connectivity index (χ0n) is 14.1. The van der Waals surface area contributed by atoms with Crippen LogP contribution in [0.15, 0.2) is 12.3 Å². The number of H-pyrrole nitrogens is 1. The number of hydrogen-bond acceptors (Lipinski definition) is 4. The molecule has 7 nitrogen and oxygen atoms in total. The number of aromatic amines is 1. The molecule has 2 fully saturated rings. The lowest BCUT2D eigenvalue weighted by atomic mass is 9.91. The average Bonchev–Trinajstić information content (AvgIpc) is 2.84. The lowest BCUT2D eigenvalue weighted by Gasteiger charge is -2.40. The third-order valence-corrected chi connectivity index (χ3v) is 6.49. The Kier molecular flexibility index (Phi) is 5.24. The fourth-order valence-corrected chi connectivity index (χ4v) is 5.23. The molecule has 1 aromatic rings. The van der Waals surface area contributed by atoms with E-state index >= 15 is 0 Å². The van der Waals surface area contributed by atoms with Crippen molar-refractivity contribution in [2.24, 2.45) is 0 Å². The Morgan fingerprint density at radius 1 is 1.25 bits per heavy atom. The number of aromatic nitrogens is 2. The van der Waals surface area contributed by atoms with E-state index in [9.17, 15) is 13.2 Å². The number of likely N-dealkylation sites (tertiary alicyclic amines) is 1. The Morgan fingerprint density at radius 2 is 1.96 bits per heavy atom. The summed E-state index contributed by atoms with van der Waals surface area (Å²) in [5, 5.41) is 6.68. The normalized spacial score (nSPS) is 23.1. The highest BCUT2D eigenvalue weighted by Gasteiger charge is 2.37. The molecule has 1 aliphatic carbocycles. The number of hydrogen-bond donors (Lipinski definition) is 1. The minimum Gasteiger partial charge on any atom is -0.342 e. The fraction of sp³-hybridized carbons (Fsp3) is 0.750. The standard InChI is InChI=1S/C16H26N4O3S/c1-24(22,23)20(14-4-2-5-14)15-6-3-10-19(11-8-15)16(21)12-13-7-9-17-18-13/h7,9,14-15H,2-6,8,10-12H2,1H3,(H,17,18)/t15-/m1/s1. The van der Waals surface area contributed by atoms with Crippen molar-refractivity contribution in [2.75, 3.05) is 19.3 Å². The molecule has 1 aliphatic heterocycles. The highest BCUT2D eigenvalue weighted by atomic mass is 32.2. The van der Waals surface area contributed by atoms with Crippen LogP contribution in [0.25, 0.3) is 0 Å². The van der Waals surface area contributed by atoms with E-state index < -0.39 is 10.0 Å². The Hall–Kier alpha value is -1.41. The van der Waals surface area contributed by atoms with Crippen LogP contribution in [-0.2, 0) is 21.2 Å². The summed E-state index contributed by atoms with van der Waals surface area (Å²) in [6.45, 7) is 1.32. The molecule has 1 aromatic heterocycles. The lowest BCUT2D eigenvalue weighted by Crippen LogP contribution is -2.50. The largest absolute Gasteiger partial charge is 0.342 e. The van der Waals surface area contributed by atoms with Gasteiger partial charge in [-0.3, -0.25) is 9.89 Å². The van der Waals surface area contributed by atoms with E-state index in [2.05, 4.69) is 10.2 Å². The van der Waals surface area contributed by atoms with Gasteiger partial charge in [0.15, 0.2) is 0 Å². The van der Waals surface area contributed by atoms with E-state index in [4.69, 9.17) is 0 Å². The number of sulfonamides is 1. The Labute approximate surface area is 143 Å². The van der Waals surface area contributed by atoms with Crippen LogP contribution >= 0.6 is 0 Å². The fourth-order valence-electron chi connectivity index (χ4n) is 3.72. The van der Waals surface area contributed by atoms with Gasteiger partial charge in [-0.1, -0.05) is 6.42 Å². The first-order valence-electron chi connectivity index (χ1n) is 8.69. The first kappa shape index (κ1) is 17.4. The van der Waals surface area contributed by atoms with Crippen LogP contribution in [0.2, 0.25) is 0 Å². The third kappa shape index (κ3) is 3.97. The predicted molar refractivity (Wildman–Crippen MR) is 90.8 cm³/mol. The predicted octanol–water partition coefficient (Wildman–Crippen LogP) is 1.15. The molecule has 0 aromatic carbocycles. The van der Waals surface area contributed by atoms with Crippen LogP contribution in [0.1, 0.15) is 44.2 Å². The highest BCUT2D eigenvalue weighted by Crippen LogP contribution is 2.31. The second-order valence-corrected chi connectivity index (χ2v) is 8.79. The van der Waals surface area contributed by atoms with Gasteiger partial charge in [-0.05, 0) is 38.2 Å². The molecular weight excluding hydrogens is 328 g/mol. The van der Waals surface area contributed by atoms with Gasteiger partial charge >= 0.3 is 0 Å². The summed E-state index contributed by atoms with van der Waals surface area (Å²) >= 11 is 0. The van der Waals surface area contributed by atoms with Gasteiger partial charge in [0, 0.05) is 37.1 Å². The van der Waals surface area contributed by atoms with Gasteiger partial charge in [-0.15, -0.1) is 0 Å². The summed E-state index contributed by atoms with van der Waals surface area (Å²) in [6.07, 6.45) is 8.72. The second kappa shape index (κ2) is 7.23. The molecule has 0 unspecified atom stereocenters. The summed E-state index contributed by atoms with van der Waals surface area (Å²) in [6, 6.07) is 1.99. The van der Waals surface area contributed by atoms with Gasteiger partial charge in [0.05, 0.1) is 12.7 Å². The Bertz CT molecular complexity index is 655. The molecule has 1 saturated heterocycles. The lowest BCUT2D eigenvalue weighted by molar-refractivity contribution is -0.130. The van der Waals surface area contributed by atoms with Gasteiger partial charge in [0.1, 0.15) is 0 Å².